The van der Waals surface area contributed by atoms with Gasteiger partial charge in [0.05, 0.1) is 0 Å². The van der Waals surface area contributed by atoms with E-state index in [0.717, 1.165) is 11.4 Å². The quantitative estimate of drug-likeness (QED) is 0.577. The van der Waals surface area contributed by atoms with E-state index in [1.54, 1.807) is 0 Å². The van der Waals surface area contributed by atoms with E-state index in [-0.39, 0.29) is 0 Å². The van der Waals surface area contributed by atoms with Crippen LogP contribution in [0.15, 0.2) is 0 Å². The summed E-state index contributed by atoms with van der Waals surface area (Å²) in [5.41, 5.74) is 0. The van der Waals surface area contributed by atoms with E-state index in [2.05, 4.69) is 6.92 Å². The van der Waals surface area contributed by atoms with Gasteiger partial charge in [-0.05, 0) is 0 Å². The molecule has 6 heavy (non-hydrogen) atoms. The third-order valence-corrected chi connectivity index (χ3v) is 4.90. The van der Waals surface area contributed by atoms with E-state index >= 15 is 0 Å². The number of rotatable bonds is 2. The topological polar surface area (TPSA) is 0 Å². The van der Waals surface area contributed by atoms with Gasteiger partial charge in [0.2, 0.25) is 0 Å². The molecule has 3 heteroatoms. The molecule has 0 N–H and O–H groups in total. The van der Waals surface area contributed by atoms with Crippen molar-refractivity contribution in [2.45, 2.75) is 18.3 Å². The second kappa shape index (κ2) is 4.38. The van der Waals surface area contributed by atoms with Gasteiger partial charge in [-0.15, -0.1) is 0 Å². The van der Waals surface area contributed by atoms with Crippen molar-refractivity contribution >= 4 is 33.5 Å². The van der Waals surface area contributed by atoms with Crippen LogP contribution in [-0.4, -0.2) is 14.2 Å². The van der Waals surface area contributed by atoms with E-state index < -0.39 is 14.2 Å². The Morgan fingerprint density at radius 1 is 1.50 bits per heavy atom. The van der Waals surface area contributed by atoms with Crippen LogP contribution in [0.1, 0.15) is 13.3 Å². The van der Waals surface area contributed by atoms with E-state index in [9.17, 15) is 0 Å². The van der Waals surface area contributed by atoms with Crippen molar-refractivity contribution in [2.75, 3.05) is 0 Å². The van der Waals surface area contributed by atoms with Crippen LogP contribution in [0, 0.1) is 0 Å². The van der Waals surface area contributed by atoms with Crippen LogP contribution in [-0.2, 0) is 0 Å². The number of halogens is 2. The molecule has 0 aromatic heterocycles. The molecule has 0 atom stereocenters. The summed E-state index contributed by atoms with van der Waals surface area (Å²) in [5.74, 6) is 0. The Morgan fingerprint density at radius 2 is 2.00 bits per heavy atom. The minimum absolute atomic E-state index is 1.09. The van der Waals surface area contributed by atoms with Gasteiger partial charge >= 0.3 is 51.8 Å². The fourth-order valence-corrected chi connectivity index (χ4v) is 3.40. The normalized spacial score (nSPS) is 8.50. The van der Waals surface area contributed by atoms with Crippen molar-refractivity contribution in [1.82, 2.24) is 0 Å². The molecule has 0 unspecified atom stereocenters. The standard InChI is InChI=1S/C3H7.2ClH.Ga/c1-3-2;;;/h1,3H2,2H3;2*1H;/q;;;+2/p-2. The average molecular weight is 184 g/mol. The van der Waals surface area contributed by atoms with Crippen LogP contribution in [0.25, 0.3) is 0 Å². The van der Waals surface area contributed by atoms with Crippen LogP contribution in [0.4, 0.5) is 0 Å². The molecule has 0 bridgehead atoms. The first-order chi connectivity index (χ1) is 2.77. The summed E-state index contributed by atoms with van der Waals surface area (Å²) in [5, 5.41) is 0. The maximum absolute atomic E-state index is 5.53. The van der Waals surface area contributed by atoms with E-state index in [1.807, 2.05) is 0 Å². The first-order valence-corrected chi connectivity index (χ1v) is 10.1. The predicted octanol–water partition coefficient (Wildman–Crippen LogP) is 2.36. The van der Waals surface area contributed by atoms with E-state index in [1.165, 1.54) is 0 Å². The zero-order valence-corrected chi connectivity index (χ0v) is 7.68. The molecule has 0 rings (SSSR count). The van der Waals surface area contributed by atoms with Gasteiger partial charge in [-0.2, -0.15) is 0 Å². The summed E-state index contributed by atoms with van der Waals surface area (Å²) in [4.78, 5) is 1.09. The Hall–Kier alpha value is 1.22. The van der Waals surface area contributed by atoms with Gasteiger partial charge < -0.3 is 0 Å². The van der Waals surface area contributed by atoms with Gasteiger partial charge in [0.15, 0.2) is 0 Å². The molecular weight excluding hydrogens is 177 g/mol. The first kappa shape index (κ1) is 7.22. The van der Waals surface area contributed by atoms with Gasteiger partial charge in [-0.25, -0.2) is 0 Å². The zero-order chi connectivity index (χ0) is 4.99. The van der Waals surface area contributed by atoms with Gasteiger partial charge in [-0.1, -0.05) is 0 Å². The molecular formula is C3H7Cl2Ga. The van der Waals surface area contributed by atoms with E-state index in [0.29, 0.717) is 0 Å². The molecule has 0 fully saturated rings. The Kier molecular flexibility index (Phi) is 5.26. The van der Waals surface area contributed by atoms with Gasteiger partial charge in [0.1, 0.15) is 0 Å². The third kappa shape index (κ3) is 5.22. The molecule has 0 saturated heterocycles. The Balaban J connectivity index is 2.63. The van der Waals surface area contributed by atoms with Crippen LogP contribution in [0.3, 0.4) is 0 Å². The molecule has 0 radical (unpaired) electrons. The van der Waals surface area contributed by atoms with Crippen molar-refractivity contribution in [3.8, 4) is 0 Å². The summed E-state index contributed by atoms with van der Waals surface area (Å²) in [6, 6.07) is 0. The summed E-state index contributed by atoms with van der Waals surface area (Å²) in [6.07, 6.45) is 1.15. The molecule has 0 amide bonds. The SMILES string of the molecule is CC[CH2][Ga]([Cl])[Cl]. The fraction of sp³-hybridized carbons (Fsp3) is 1.00. The monoisotopic (exact) mass is 182 g/mol. The molecule has 0 aliphatic carbocycles. The second-order valence-electron chi connectivity index (χ2n) is 1.18. The van der Waals surface area contributed by atoms with Crippen molar-refractivity contribution in [2.24, 2.45) is 0 Å². The van der Waals surface area contributed by atoms with Crippen LogP contribution < -0.4 is 0 Å². The summed E-state index contributed by atoms with van der Waals surface area (Å²) >= 11 is -1.60. The van der Waals surface area contributed by atoms with Crippen molar-refractivity contribution < 1.29 is 0 Å². The fourth-order valence-electron chi connectivity index (χ4n) is 0.218. The van der Waals surface area contributed by atoms with Crippen molar-refractivity contribution in [3.05, 3.63) is 0 Å². The molecule has 0 aliphatic rings. The molecule has 0 saturated carbocycles. The Bertz CT molecular complexity index is 30.0. The van der Waals surface area contributed by atoms with Crippen LogP contribution >= 0.6 is 19.3 Å². The molecule has 0 aliphatic heterocycles. The second-order valence-corrected chi connectivity index (χ2v) is 10.7. The van der Waals surface area contributed by atoms with Gasteiger partial charge in [-0.3, -0.25) is 0 Å². The predicted molar refractivity (Wildman–Crippen MR) is 32.6 cm³/mol. The van der Waals surface area contributed by atoms with Crippen molar-refractivity contribution in [1.29, 1.82) is 0 Å². The van der Waals surface area contributed by atoms with Crippen LogP contribution in [0.5, 0.6) is 0 Å². The van der Waals surface area contributed by atoms with Gasteiger partial charge in [0.25, 0.3) is 0 Å². The molecule has 0 aromatic rings. The summed E-state index contributed by atoms with van der Waals surface area (Å²) in [7, 11) is 11.1. The summed E-state index contributed by atoms with van der Waals surface area (Å²) < 4.78 is 0. The molecule has 36 valence electrons. The Morgan fingerprint density at radius 3 is 2.00 bits per heavy atom. The first-order valence-electron chi connectivity index (χ1n) is 2.05. The van der Waals surface area contributed by atoms with Gasteiger partial charge in [0, 0.05) is 0 Å². The zero-order valence-electron chi connectivity index (χ0n) is 3.75. The average Bonchev–Trinajstić information content (AvgIpc) is 1.35. The van der Waals surface area contributed by atoms with E-state index in [4.69, 9.17) is 19.3 Å². The molecule has 0 nitrogen and oxygen atoms in total. The minimum atomic E-state index is -1.60. The number of hydrogen-bond acceptors (Lipinski definition) is 0. The van der Waals surface area contributed by atoms with Crippen LogP contribution in [0.2, 0.25) is 4.98 Å². The summed E-state index contributed by atoms with van der Waals surface area (Å²) in [6.45, 7) is 2.10. The Labute approximate surface area is 51.9 Å². The molecule has 0 heterocycles. The molecule has 0 spiro atoms. The third-order valence-electron chi connectivity index (χ3n) is 0.507. The number of hydrogen-bond donors (Lipinski definition) is 0. The maximum atomic E-state index is 5.53. The van der Waals surface area contributed by atoms with Crippen molar-refractivity contribution in [3.63, 3.8) is 0 Å². The molecule has 0 aromatic carbocycles.